The molecule has 0 heterocycles. The summed E-state index contributed by atoms with van der Waals surface area (Å²) in [6.07, 6.45) is 6.36. The third-order valence-corrected chi connectivity index (χ3v) is 4.82. The number of thioether (sulfide) groups is 1. The van der Waals surface area contributed by atoms with Crippen LogP contribution in [0.2, 0.25) is 0 Å². The van der Waals surface area contributed by atoms with E-state index in [1.165, 1.54) is 25.7 Å². The Bertz CT molecular complexity index is 350. The summed E-state index contributed by atoms with van der Waals surface area (Å²) in [4.78, 5) is 0. The normalized spacial score (nSPS) is 18.4. The van der Waals surface area contributed by atoms with Crippen LogP contribution in [0.1, 0.15) is 31.2 Å². The molecule has 3 N–H and O–H groups in total. The summed E-state index contributed by atoms with van der Waals surface area (Å²) < 4.78 is 0. The maximum atomic E-state index is 9.38. The molecule has 1 unspecified atom stereocenters. The van der Waals surface area contributed by atoms with Crippen LogP contribution in [-0.4, -0.2) is 22.2 Å². The highest BCUT2D eigenvalue weighted by Crippen LogP contribution is 2.29. The van der Waals surface area contributed by atoms with Gasteiger partial charge in [-0.2, -0.15) is 11.8 Å². The lowest BCUT2D eigenvalue weighted by Crippen LogP contribution is -2.26. The van der Waals surface area contributed by atoms with Crippen molar-refractivity contribution in [1.29, 1.82) is 0 Å². The van der Waals surface area contributed by atoms with Gasteiger partial charge in [0.05, 0.1) is 0 Å². The molecule has 1 atom stereocenters. The van der Waals surface area contributed by atoms with E-state index < -0.39 is 0 Å². The molecule has 1 aromatic rings. The van der Waals surface area contributed by atoms with E-state index in [9.17, 15) is 5.11 Å². The Labute approximate surface area is 108 Å². The van der Waals surface area contributed by atoms with Gasteiger partial charge < -0.3 is 10.8 Å². The maximum Gasteiger partial charge on any atom is 0.115 e. The third-order valence-electron chi connectivity index (χ3n) is 3.26. The molecule has 0 aromatic heterocycles. The minimum absolute atomic E-state index is 0.197. The Hall–Kier alpha value is -0.670. The molecule has 1 aromatic carbocycles. The zero-order valence-corrected chi connectivity index (χ0v) is 11.0. The highest BCUT2D eigenvalue weighted by atomic mass is 32.2. The number of hydrogen-bond acceptors (Lipinski definition) is 3. The van der Waals surface area contributed by atoms with E-state index in [1.54, 1.807) is 12.1 Å². The van der Waals surface area contributed by atoms with E-state index in [0.29, 0.717) is 5.75 Å². The first-order chi connectivity index (χ1) is 8.24. The molecule has 0 aliphatic heterocycles. The number of benzene rings is 1. The molecule has 2 nitrogen and oxygen atoms in total. The fraction of sp³-hybridized carbons (Fsp3) is 0.571. The van der Waals surface area contributed by atoms with Crippen molar-refractivity contribution in [3.63, 3.8) is 0 Å². The predicted molar refractivity (Wildman–Crippen MR) is 74.5 cm³/mol. The van der Waals surface area contributed by atoms with Gasteiger partial charge in [0, 0.05) is 17.0 Å². The fourth-order valence-electron chi connectivity index (χ4n) is 2.36. The Morgan fingerprint density at radius 1 is 1.35 bits per heavy atom. The fourth-order valence-corrected chi connectivity index (χ4v) is 3.66. The van der Waals surface area contributed by atoms with Gasteiger partial charge in [-0.15, -0.1) is 0 Å². The summed E-state index contributed by atoms with van der Waals surface area (Å²) in [7, 11) is 0. The third kappa shape index (κ3) is 4.25. The summed E-state index contributed by atoms with van der Waals surface area (Å²) in [6, 6.07) is 7.60. The minimum atomic E-state index is 0.197. The van der Waals surface area contributed by atoms with Crippen molar-refractivity contribution in [2.45, 2.75) is 43.4 Å². The van der Waals surface area contributed by atoms with Crippen molar-refractivity contribution < 1.29 is 5.11 Å². The van der Waals surface area contributed by atoms with E-state index in [1.807, 2.05) is 23.9 Å². The molecule has 0 saturated heterocycles. The molecule has 0 spiro atoms. The molecular weight excluding hydrogens is 230 g/mol. The van der Waals surface area contributed by atoms with Crippen LogP contribution in [-0.2, 0) is 6.42 Å². The van der Waals surface area contributed by atoms with Crippen LogP contribution in [0.4, 0.5) is 0 Å². The van der Waals surface area contributed by atoms with Crippen molar-refractivity contribution in [2.75, 3.05) is 5.75 Å². The van der Waals surface area contributed by atoms with Gasteiger partial charge in [-0.1, -0.05) is 25.0 Å². The molecule has 0 amide bonds. The van der Waals surface area contributed by atoms with Gasteiger partial charge >= 0.3 is 0 Å². The number of hydrogen-bond donors (Lipinski definition) is 2. The second kappa shape index (κ2) is 6.31. The van der Waals surface area contributed by atoms with Crippen LogP contribution in [0.5, 0.6) is 5.75 Å². The highest BCUT2D eigenvalue weighted by Gasteiger charge is 2.16. The van der Waals surface area contributed by atoms with Crippen molar-refractivity contribution in [2.24, 2.45) is 5.73 Å². The quantitative estimate of drug-likeness (QED) is 0.846. The Kier molecular flexibility index (Phi) is 4.75. The van der Waals surface area contributed by atoms with Gasteiger partial charge in [-0.3, -0.25) is 0 Å². The Morgan fingerprint density at radius 2 is 2.12 bits per heavy atom. The smallest absolute Gasteiger partial charge is 0.115 e. The molecule has 17 heavy (non-hydrogen) atoms. The topological polar surface area (TPSA) is 46.2 Å². The summed E-state index contributed by atoms with van der Waals surface area (Å²) in [6.45, 7) is 0. The van der Waals surface area contributed by atoms with Gasteiger partial charge in [0.25, 0.3) is 0 Å². The van der Waals surface area contributed by atoms with Gasteiger partial charge in [-0.25, -0.2) is 0 Å². The number of aromatic hydroxyl groups is 1. The number of phenols is 1. The molecule has 2 rings (SSSR count). The number of phenolic OH excluding ortho intramolecular Hbond substituents is 1. The molecule has 1 saturated carbocycles. The average Bonchev–Trinajstić information content (AvgIpc) is 2.79. The molecule has 0 radical (unpaired) electrons. The van der Waals surface area contributed by atoms with Crippen molar-refractivity contribution in [3.05, 3.63) is 29.8 Å². The summed E-state index contributed by atoms with van der Waals surface area (Å²) in [5.41, 5.74) is 7.26. The lowest BCUT2D eigenvalue weighted by molar-refractivity contribution is 0.474. The first kappa shape index (κ1) is 12.8. The van der Waals surface area contributed by atoms with Gasteiger partial charge in [0.1, 0.15) is 5.75 Å². The minimum Gasteiger partial charge on any atom is -0.508 e. The Balaban J connectivity index is 1.74. The number of rotatable bonds is 5. The van der Waals surface area contributed by atoms with E-state index >= 15 is 0 Å². The average molecular weight is 251 g/mol. The van der Waals surface area contributed by atoms with Crippen LogP contribution in [0.15, 0.2) is 24.3 Å². The van der Waals surface area contributed by atoms with E-state index in [2.05, 4.69) is 0 Å². The zero-order chi connectivity index (χ0) is 12.1. The Morgan fingerprint density at radius 3 is 2.82 bits per heavy atom. The molecule has 1 aliphatic rings. The molecule has 94 valence electrons. The molecule has 0 bridgehead atoms. The zero-order valence-electron chi connectivity index (χ0n) is 10.1. The highest BCUT2D eigenvalue weighted by molar-refractivity contribution is 7.99. The SMILES string of the molecule is NC(CSC1CCCC1)Cc1cccc(O)c1. The maximum absolute atomic E-state index is 9.38. The van der Waals surface area contributed by atoms with Gasteiger partial charge in [-0.05, 0) is 37.0 Å². The van der Waals surface area contributed by atoms with Gasteiger partial charge in [0.15, 0.2) is 0 Å². The molecule has 3 heteroatoms. The van der Waals surface area contributed by atoms with E-state index in [-0.39, 0.29) is 6.04 Å². The van der Waals surface area contributed by atoms with Crippen molar-refractivity contribution in [3.8, 4) is 5.75 Å². The monoisotopic (exact) mass is 251 g/mol. The van der Waals surface area contributed by atoms with Gasteiger partial charge in [0.2, 0.25) is 0 Å². The first-order valence-electron chi connectivity index (χ1n) is 6.39. The standard InChI is InChI=1S/C14H21NOS/c15-12(10-17-14-6-1-2-7-14)8-11-4-3-5-13(16)9-11/h3-5,9,12,14,16H,1-2,6-8,10,15H2. The predicted octanol–water partition coefficient (Wildman–Crippen LogP) is 2.94. The van der Waals surface area contributed by atoms with E-state index in [4.69, 9.17) is 5.73 Å². The van der Waals surface area contributed by atoms with Crippen molar-refractivity contribution >= 4 is 11.8 Å². The molecule has 1 fully saturated rings. The van der Waals surface area contributed by atoms with Crippen LogP contribution in [0.3, 0.4) is 0 Å². The second-order valence-electron chi connectivity index (χ2n) is 4.87. The van der Waals surface area contributed by atoms with Crippen molar-refractivity contribution in [1.82, 2.24) is 0 Å². The first-order valence-corrected chi connectivity index (χ1v) is 7.44. The van der Waals surface area contributed by atoms with Crippen LogP contribution >= 0.6 is 11.8 Å². The van der Waals surface area contributed by atoms with Crippen LogP contribution in [0, 0.1) is 0 Å². The second-order valence-corrected chi connectivity index (χ2v) is 6.21. The summed E-state index contributed by atoms with van der Waals surface area (Å²) in [5, 5.41) is 10.2. The molecule has 1 aliphatic carbocycles. The number of nitrogens with two attached hydrogens (primary N) is 1. The van der Waals surface area contributed by atoms with E-state index in [0.717, 1.165) is 23.0 Å². The summed E-state index contributed by atoms with van der Waals surface area (Å²) >= 11 is 2.03. The summed E-state index contributed by atoms with van der Waals surface area (Å²) in [5.74, 6) is 1.36. The molecular formula is C14H21NOS. The lowest BCUT2D eigenvalue weighted by Gasteiger charge is -2.14. The van der Waals surface area contributed by atoms with Crippen LogP contribution in [0.25, 0.3) is 0 Å². The van der Waals surface area contributed by atoms with Crippen LogP contribution < -0.4 is 5.73 Å². The lowest BCUT2D eigenvalue weighted by atomic mass is 10.1. The largest absolute Gasteiger partial charge is 0.508 e.